The zero-order valence-corrected chi connectivity index (χ0v) is 7.23. The molecule has 0 aliphatic heterocycles. The zero-order chi connectivity index (χ0) is 11.4. The van der Waals surface area contributed by atoms with Crippen molar-refractivity contribution in [3.8, 4) is 0 Å². The van der Waals surface area contributed by atoms with Gasteiger partial charge in [-0.15, -0.1) is 0 Å². The van der Waals surface area contributed by atoms with E-state index in [9.17, 15) is 22.4 Å². The van der Waals surface area contributed by atoms with E-state index in [0.29, 0.717) is 12.2 Å². The summed E-state index contributed by atoms with van der Waals surface area (Å²) in [5.41, 5.74) is -0.936. The second-order valence-corrected chi connectivity index (χ2v) is 2.29. The third-order valence-electron chi connectivity index (χ3n) is 1.13. The van der Waals surface area contributed by atoms with Crippen LogP contribution in [0.3, 0.4) is 0 Å². The van der Waals surface area contributed by atoms with Crippen LogP contribution in [0.15, 0.2) is 28.7 Å². The lowest BCUT2D eigenvalue weighted by atomic mass is 10.2. The molecule has 0 saturated carbocycles. The Kier molecular flexibility index (Phi) is 4.20. The predicted molar refractivity (Wildman–Crippen MR) is 43.6 cm³/mol. The van der Waals surface area contributed by atoms with Crippen LogP contribution in [0.4, 0.5) is 17.6 Å². The van der Waals surface area contributed by atoms with E-state index in [2.05, 4.69) is 11.7 Å². The third kappa shape index (κ3) is 3.97. The van der Waals surface area contributed by atoms with E-state index in [4.69, 9.17) is 0 Å². The van der Waals surface area contributed by atoms with E-state index >= 15 is 0 Å². The normalized spacial score (nSPS) is 14.1. The SMILES string of the molecule is C=NC(=CC=C(C)F)C(=O)C(F)(F)F. The van der Waals surface area contributed by atoms with Crippen LogP contribution in [0.1, 0.15) is 6.92 Å². The molecule has 0 atom stereocenters. The van der Waals surface area contributed by atoms with Gasteiger partial charge in [0.05, 0.1) is 5.83 Å². The lowest BCUT2D eigenvalue weighted by Gasteiger charge is -2.03. The number of aliphatic imine (C=N–C) groups is 1. The molecule has 0 heterocycles. The van der Waals surface area contributed by atoms with Crippen LogP contribution in [0.5, 0.6) is 0 Å². The minimum absolute atomic E-state index is 0.623. The number of rotatable bonds is 3. The molecule has 0 radical (unpaired) electrons. The summed E-state index contributed by atoms with van der Waals surface area (Å²) in [7, 11) is 0. The van der Waals surface area contributed by atoms with Crippen molar-refractivity contribution in [3.05, 3.63) is 23.7 Å². The van der Waals surface area contributed by atoms with Gasteiger partial charge >= 0.3 is 6.18 Å². The van der Waals surface area contributed by atoms with Crippen LogP contribution >= 0.6 is 0 Å². The summed E-state index contributed by atoms with van der Waals surface area (Å²) in [6.45, 7) is 3.81. The molecule has 0 aromatic rings. The molecule has 2 nitrogen and oxygen atoms in total. The number of Topliss-reactive ketones (excluding diaryl/α,β-unsaturated/α-hetero) is 1. The van der Waals surface area contributed by atoms with E-state index in [1.807, 2.05) is 0 Å². The number of allylic oxidation sites excluding steroid dienone is 4. The van der Waals surface area contributed by atoms with Gasteiger partial charge in [0.1, 0.15) is 5.70 Å². The van der Waals surface area contributed by atoms with Crippen molar-refractivity contribution in [1.82, 2.24) is 0 Å². The van der Waals surface area contributed by atoms with E-state index in [-0.39, 0.29) is 0 Å². The Morgan fingerprint density at radius 3 is 2.14 bits per heavy atom. The highest BCUT2D eigenvalue weighted by molar-refractivity contribution is 6.00. The summed E-state index contributed by atoms with van der Waals surface area (Å²) < 4.78 is 47.6. The summed E-state index contributed by atoms with van der Waals surface area (Å²) in [5, 5.41) is 0. The minimum Gasteiger partial charge on any atom is -0.282 e. The topological polar surface area (TPSA) is 29.4 Å². The number of alkyl halides is 3. The van der Waals surface area contributed by atoms with Gasteiger partial charge in [-0.1, -0.05) is 0 Å². The summed E-state index contributed by atoms with van der Waals surface area (Å²) in [4.78, 5) is 13.4. The van der Waals surface area contributed by atoms with Gasteiger partial charge in [0, 0.05) is 0 Å². The lowest BCUT2D eigenvalue weighted by molar-refractivity contribution is -0.166. The van der Waals surface area contributed by atoms with Gasteiger partial charge in [-0.3, -0.25) is 9.79 Å². The van der Waals surface area contributed by atoms with Crippen LogP contribution in [0.25, 0.3) is 0 Å². The Morgan fingerprint density at radius 2 is 1.86 bits per heavy atom. The molecule has 0 aliphatic rings. The Labute approximate surface area is 77.6 Å². The van der Waals surface area contributed by atoms with Gasteiger partial charge in [-0.05, 0) is 25.8 Å². The first-order valence-corrected chi connectivity index (χ1v) is 3.41. The maximum absolute atomic E-state index is 12.1. The van der Waals surface area contributed by atoms with E-state index < -0.39 is 23.5 Å². The second-order valence-electron chi connectivity index (χ2n) is 2.29. The number of carbonyl (C=O) groups excluding carboxylic acids is 1. The summed E-state index contributed by atoms with van der Waals surface area (Å²) >= 11 is 0. The van der Waals surface area contributed by atoms with Crippen molar-refractivity contribution >= 4 is 12.5 Å². The Bertz CT molecular complexity index is 297. The molecule has 0 N–H and O–H groups in total. The molecule has 0 aromatic heterocycles. The number of nitrogens with zero attached hydrogens (tertiary/aromatic N) is 1. The summed E-state index contributed by atoms with van der Waals surface area (Å²) in [5.74, 6) is -2.88. The minimum atomic E-state index is -5.02. The molecule has 0 fully saturated rings. The zero-order valence-electron chi connectivity index (χ0n) is 7.23. The highest BCUT2D eigenvalue weighted by Crippen LogP contribution is 2.21. The average Bonchev–Trinajstić information content (AvgIpc) is 2.03. The summed E-state index contributed by atoms with van der Waals surface area (Å²) in [6.07, 6.45) is -3.70. The first kappa shape index (κ1) is 12.5. The highest BCUT2D eigenvalue weighted by Gasteiger charge is 2.40. The molecule has 14 heavy (non-hydrogen) atoms. The third-order valence-corrected chi connectivity index (χ3v) is 1.13. The fourth-order valence-corrected chi connectivity index (χ4v) is 0.539. The van der Waals surface area contributed by atoms with Crippen molar-refractivity contribution < 1.29 is 22.4 Å². The maximum Gasteiger partial charge on any atom is 0.456 e. The second kappa shape index (κ2) is 4.69. The van der Waals surface area contributed by atoms with E-state index in [0.717, 1.165) is 6.92 Å². The van der Waals surface area contributed by atoms with Crippen molar-refractivity contribution in [2.45, 2.75) is 13.1 Å². The molecule has 0 aromatic carbocycles. The van der Waals surface area contributed by atoms with Gasteiger partial charge in [-0.2, -0.15) is 13.2 Å². The van der Waals surface area contributed by atoms with Gasteiger partial charge in [0.2, 0.25) is 0 Å². The number of hydrogen-bond donors (Lipinski definition) is 0. The van der Waals surface area contributed by atoms with Gasteiger partial charge < -0.3 is 0 Å². The van der Waals surface area contributed by atoms with Crippen LogP contribution < -0.4 is 0 Å². The van der Waals surface area contributed by atoms with Crippen molar-refractivity contribution in [2.75, 3.05) is 0 Å². The number of hydrogen-bond acceptors (Lipinski definition) is 2. The van der Waals surface area contributed by atoms with Crippen LogP contribution in [0, 0.1) is 0 Å². The fraction of sp³-hybridized carbons (Fsp3) is 0.250. The molecular formula is C8H7F4NO. The number of halogens is 4. The highest BCUT2D eigenvalue weighted by atomic mass is 19.4. The largest absolute Gasteiger partial charge is 0.456 e. The molecule has 6 heteroatoms. The molecule has 0 unspecified atom stereocenters. The monoisotopic (exact) mass is 209 g/mol. The van der Waals surface area contributed by atoms with Crippen molar-refractivity contribution in [2.24, 2.45) is 4.99 Å². The molecule has 0 spiro atoms. The van der Waals surface area contributed by atoms with Crippen LogP contribution in [-0.2, 0) is 4.79 Å². The lowest BCUT2D eigenvalue weighted by Crippen LogP contribution is -2.23. The van der Waals surface area contributed by atoms with Crippen molar-refractivity contribution in [1.29, 1.82) is 0 Å². The molecular weight excluding hydrogens is 202 g/mol. The van der Waals surface area contributed by atoms with Gasteiger partial charge in [0.25, 0.3) is 5.78 Å². The van der Waals surface area contributed by atoms with E-state index in [1.54, 1.807) is 0 Å². The van der Waals surface area contributed by atoms with Crippen LogP contribution in [-0.4, -0.2) is 18.7 Å². The Balaban J connectivity index is 4.93. The average molecular weight is 209 g/mol. The Hall–Kier alpha value is -1.46. The standard InChI is InChI=1S/C8H7F4NO/c1-5(9)3-4-6(13-2)7(14)8(10,11)12/h3-4H,2H2,1H3. The van der Waals surface area contributed by atoms with Gasteiger partial charge in [-0.25, -0.2) is 4.39 Å². The van der Waals surface area contributed by atoms with Crippen LogP contribution in [0.2, 0.25) is 0 Å². The van der Waals surface area contributed by atoms with Crippen molar-refractivity contribution in [3.63, 3.8) is 0 Å². The molecule has 0 amide bonds. The quantitative estimate of drug-likeness (QED) is 0.304. The summed E-state index contributed by atoms with van der Waals surface area (Å²) in [6, 6.07) is 0. The smallest absolute Gasteiger partial charge is 0.282 e. The van der Waals surface area contributed by atoms with Gasteiger partial charge in [0.15, 0.2) is 0 Å². The maximum atomic E-state index is 12.1. The molecule has 78 valence electrons. The first-order valence-electron chi connectivity index (χ1n) is 3.41. The fourth-order valence-electron chi connectivity index (χ4n) is 0.539. The predicted octanol–water partition coefficient (Wildman–Crippen LogP) is 2.58. The number of ketones is 1. The first-order chi connectivity index (χ1) is 6.29. The Morgan fingerprint density at radius 1 is 1.36 bits per heavy atom. The van der Waals surface area contributed by atoms with E-state index in [1.165, 1.54) is 0 Å². The molecule has 0 bridgehead atoms. The molecule has 0 aliphatic carbocycles. The molecule has 0 saturated heterocycles. The number of carbonyl (C=O) groups is 1. The molecule has 0 rings (SSSR count).